The van der Waals surface area contributed by atoms with Gasteiger partial charge in [0.05, 0.1) is 12.1 Å². The molecular formula is C48H76N8O8. The summed E-state index contributed by atoms with van der Waals surface area (Å²) in [5.74, 6) is -3.78. The monoisotopic (exact) mass is 893 g/mol. The van der Waals surface area contributed by atoms with Crippen LogP contribution in [0.5, 0.6) is 0 Å². The van der Waals surface area contributed by atoms with Gasteiger partial charge in [0.2, 0.25) is 41.4 Å². The summed E-state index contributed by atoms with van der Waals surface area (Å²) in [5.41, 5.74) is 0.812. The zero-order chi connectivity index (χ0) is 47.9. The highest BCUT2D eigenvalue weighted by molar-refractivity contribution is 5.98. The van der Waals surface area contributed by atoms with Crippen LogP contribution in [0.2, 0.25) is 0 Å². The Kier molecular flexibility index (Phi) is 18.1. The second-order valence-corrected chi connectivity index (χ2v) is 19.3. The molecule has 16 heteroatoms. The number of carbonyl (C=O) groups is 8. The number of hydrogen-bond donors (Lipinski definition) is 1. The molecule has 0 radical (unpaired) electrons. The molecule has 3 aliphatic heterocycles. The van der Waals surface area contributed by atoms with Crippen molar-refractivity contribution in [1.29, 1.82) is 0 Å². The molecule has 3 fully saturated rings. The van der Waals surface area contributed by atoms with Crippen molar-refractivity contribution in [3.63, 3.8) is 0 Å². The van der Waals surface area contributed by atoms with E-state index in [1.807, 2.05) is 71.9 Å². The second kappa shape index (κ2) is 22.4. The maximum atomic E-state index is 14.9. The van der Waals surface area contributed by atoms with E-state index < -0.39 is 77.9 Å². The third-order valence-corrected chi connectivity index (χ3v) is 13.8. The molecule has 0 spiro atoms. The summed E-state index contributed by atoms with van der Waals surface area (Å²) in [6.07, 6.45) is 3.66. The molecule has 0 aromatic heterocycles. The Balaban J connectivity index is 1.61. The average molecular weight is 893 g/mol. The van der Waals surface area contributed by atoms with Crippen LogP contribution in [0.15, 0.2) is 30.3 Å². The molecule has 3 heterocycles. The van der Waals surface area contributed by atoms with Crippen molar-refractivity contribution >= 4 is 47.1 Å². The molecule has 3 saturated heterocycles. The van der Waals surface area contributed by atoms with Crippen LogP contribution in [0.1, 0.15) is 99.5 Å². The Labute approximate surface area is 381 Å². The van der Waals surface area contributed by atoms with Crippen molar-refractivity contribution in [1.82, 2.24) is 39.6 Å². The smallest absolute Gasteiger partial charge is 0.246 e. The number of carbonyl (C=O) groups excluding carboxylic acids is 8. The van der Waals surface area contributed by atoms with Crippen molar-refractivity contribution in [3.8, 4) is 0 Å². The largest absolute Gasteiger partial charge is 0.332 e. The van der Waals surface area contributed by atoms with Crippen molar-refractivity contribution in [2.24, 2.45) is 17.8 Å². The van der Waals surface area contributed by atoms with Crippen LogP contribution in [0.4, 0.5) is 0 Å². The molecular weight excluding hydrogens is 817 g/mol. The Morgan fingerprint density at radius 2 is 1.00 bits per heavy atom. The second-order valence-electron chi connectivity index (χ2n) is 19.3. The summed E-state index contributed by atoms with van der Waals surface area (Å²) in [4.78, 5) is 123. The lowest BCUT2D eigenvalue weighted by atomic mass is 9.94. The van der Waals surface area contributed by atoms with Gasteiger partial charge in [-0.2, -0.15) is 0 Å². The molecule has 1 aromatic carbocycles. The van der Waals surface area contributed by atoms with Gasteiger partial charge in [-0.25, -0.2) is 0 Å². The van der Waals surface area contributed by atoms with Crippen molar-refractivity contribution in [3.05, 3.63) is 35.9 Å². The predicted molar refractivity (Wildman–Crippen MR) is 244 cm³/mol. The minimum Gasteiger partial charge on any atom is -0.332 e. The van der Waals surface area contributed by atoms with Crippen LogP contribution in [-0.4, -0.2) is 185 Å². The number of hydrogen-bond acceptors (Lipinski definition) is 9. The van der Waals surface area contributed by atoms with Crippen molar-refractivity contribution in [2.75, 3.05) is 54.9 Å². The molecule has 64 heavy (non-hydrogen) atoms. The summed E-state index contributed by atoms with van der Waals surface area (Å²) in [6.45, 7) is 15.4. The molecule has 356 valence electrons. The molecule has 0 aliphatic carbocycles. The van der Waals surface area contributed by atoms with Gasteiger partial charge in [-0.15, -0.1) is 0 Å². The van der Waals surface area contributed by atoms with Crippen molar-refractivity contribution < 1.29 is 38.4 Å². The summed E-state index contributed by atoms with van der Waals surface area (Å²) in [6, 6.07) is 2.85. The van der Waals surface area contributed by atoms with E-state index >= 15 is 0 Å². The Hall–Kier alpha value is -4.86. The van der Waals surface area contributed by atoms with Crippen molar-refractivity contribution in [2.45, 2.75) is 149 Å². The minimum absolute atomic E-state index is 0.0787. The number of ketones is 1. The lowest BCUT2D eigenvalue weighted by molar-refractivity contribution is -0.158. The first kappa shape index (κ1) is 51.8. The molecule has 7 amide bonds. The molecule has 1 aromatic rings. The molecule has 3 aliphatic rings. The van der Waals surface area contributed by atoms with Gasteiger partial charge in [-0.3, -0.25) is 38.4 Å². The summed E-state index contributed by atoms with van der Waals surface area (Å²) < 4.78 is 0. The van der Waals surface area contributed by atoms with Gasteiger partial charge in [-0.05, 0) is 82.7 Å². The van der Waals surface area contributed by atoms with Gasteiger partial charge >= 0.3 is 0 Å². The summed E-state index contributed by atoms with van der Waals surface area (Å²) in [7, 11) is 7.92. The van der Waals surface area contributed by atoms with Crippen LogP contribution in [0, 0.1) is 17.8 Å². The number of Topliss-reactive ketones (excluding diaryl/α,β-unsaturated/α-hetero) is 1. The summed E-state index contributed by atoms with van der Waals surface area (Å²) in [5, 5.41) is 2.95. The van der Waals surface area contributed by atoms with Gasteiger partial charge in [0.1, 0.15) is 36.3 Å². The molecule has 1 N–H and O–H groups in total. The fraction of sp³-hybridized carbons (Fsp3) is 0.708. The molecule has 0 saturated carbocycles. The standard InChI is InChI=1S/C48H76N8O8/c1-29(2)39(46(62)50(10)38(28-34-20-15-14-16-21-34)45(61)56-27-19-24-37(56)44(60)54-25-17-22-35(54)33(8)57)52(12)48(64)41(31(5)6)53(13)47(63)40(30(3)4)51(11)43(59)36-23-18-26-55(36)42(58)32(7)49-9/h14-16,20-21,29-32,35-41,49H,17-19,22-28H2,1-13H3/t32-,35-,36-,37-,38-,39-,40-,41-/m0/s1. The number of nitrogens with zero attached hydrogens (tertiary/aromatic N) is 7. The highest BCUT2D eigenvalue weighted by Gasteiger charge is 2.47. The quantitative estimate of drug-likeness (QED) is 0.233. The first-order valence-corrected chi connectivity index (χ1v) is 23.3. The molecule has 4 rings (SSSR count). The predicted octanol–water partition coefficient (Wildman–Crippen LogP) is 2.68. The van der Waals surface area contributed by atoms with E-state index in [0.717, 1.165) is 5.56 Å². The van der Waals surface area contributed by atoms with Crippen LogP contribution in [0.25, 0.3) is 0 Å². The number of nitrogens with one attached hydrogen (secondary N) is 1. The van der Waals surface area contributed by atoms with E-state index in [0.29, 0.717) is 58.2 Å². The third-order valence-electron chi connectivity index (χ3n) is 13.8. The van der Waals surface area contributed by atoms with Gasteiger partial charge in [0.25, 0.3) is 0 Å². The number of benzene rings is 1. The third kappa shape index (κ3) is 11.1. The fourth-order valence-corrected chi connectivity index (χ4v) is 10.1. The average Bonchev–Trinajstić information content (AvgIpc) is 4.06. The summed E-state index contributed by atoms with van der Waals surface area (Å²) >= 11 is 0. The normalized spacial score (nSPS) is 21.1. The van der Waals surface area contributed by atoms with E-state index in [1.165, 1.54) is 26.5 Å². The Morgan fingerprint density at radius 3 is 1.47 bits per heavy atom. The Bertz CT molecular complexity index is 1860. The van der Waals surface area contributed by atoms with E-state index in [9.17, 15) is 38.4 Å². The maximum absolute atomic E-state index is 14.9. The zero-order valence-corrected chi connectivity index (χ0v) is 40.7. The van der Waals surface area contributed by atoms with Gasteiger partial charge in [0, 0.05) is 54.2 Å². The maximum Gasteiger partial charge on any atom is 0.246 e. The lowest BCUT2D eigenvalue weighted by Crippen LogP contribution is -2.62. The number of likely N-dealkylation sites (tertiary alicyclic amines) is 3. The van der Waals surface area contributed by atoms with Crippen LogP contribution in [-0.2, 0) is 44.8 Å². The number of likely N-dealkylation sites (N-methyl/N-ethyl adjacent to an activating group) is 5. The van der Waals surface area contributed by atoms with E-state index in [2.05, 4.69) is 5.32 Å². The topological polar surface area (TPSA) is 171 Å². The highest BCUT2D eigenvalue weighted by Crippen LogP contribution is 2.29. The first-order valence-electron chi connectivity index (χ1n) is 23.3. The molecule has 8 atom stereocenters. The van der Waals surface area contributed by atoms with E-state index in [1.54, 1.807) is 56.9 Å². The van der Waals surface area contributed by atoms with Crippen LogP contribution >= 0.6 is 0 Å². The molecule has 0 bridgehead atoms. The minimum atomic E-state index is -1.04. The van der Waals surface area contributed by atoms with Crippen LogP contribution < -0.4 is 5.32 Å². The van der Waals surface area contributed by atoms with E-state index in [4.69, 9.17) is 0 Å². The lowest BCUT2D eigenvalue weighted by Gasteiger charge is -2.42. The van der Waals surface area contributed by atoms with Crippen LogP contribution in [0.3, 0.4) is 0 Å². The SMILES string of the molecule is CN[C@@H](C)C(=O)N1CCC[C@H]1C(=O)N(C)[C@H](C(=O)N(C)[C@H](C(=O)N(C)[C@H](C(=O)N(C)[C@@H](Cc1ccccc1)C(=O)N1CCC[C@H]1C(=O)N1CCC[C@H]1C(C)=O)C(C)C)C(C)C)C(C)C. The first-order chi connectivity index (χ1) is 30.1. The Morgan fingerprint density at radius 1 is 0.578 bits per heavy atom. The fourth-order valence-electron chi connectivity index (χ4n) is 10.1. The van der Waals surface area contributed by atoms with E-state index in [-0.39, 0.29) is 41.8 Å². The van der Waals surface area contributed by atoms with Gasteiger partial charge < -0.3 is 39.6 Å². The zero-order valence-electron chi connectivity index (χ0n) is 40.7. The van der Waals surface area contributed by atoms with Gasteiger partial charge in [-0.1, -0.05) is 71.9 Å². The highest BCUT2D eigenvalue weighted by atomic mass is 16.2. The molecule has 0 unspecified atom stereocenters. The molecule has 16 nitrogen and oxygen atoms in total. The van der Waals surface area contributed by atoms with Gasteiger partial charge in [0.15, 0.2) is 5.78 Å². The number of amides is 7. The number of rotatable bonds is 18.